The molecule has 0 saturated carbocycles. The van der Waals surface area contributed by atoms with Crippen molar-refractivity contribution in [3.05, 3.63) is 94.0 Å². The van der Waals surface area contributed by atoms with Crippen LogP contribution in [0.1, 0.15) is 42.2 Å². The number of benzene rings is 2. The average Bonchev–Trinajstić information content (AvgIpc) is 3.39. The van der Waals surface area contributed by atoms with Gasteiger partial charge < -0.3 is 0 Å². The number of aryl methyl sites for hydroxylation is 1. The second-order valence-electron chi connectivity index (χ2n) is 7.63. The molecule has 7 nitrogen and oxygen atoms in total. The molecule has 8 heteroatoms. The summed E-state index contributed by atoms with van der Waals surface area (Å²) in [6.45, 7) is 3.80. The smallest absolute Gasteiger partial charge is 0.266 e. The van der Waals surface area contributed by atoms with Crippen LogP contribution in [0.15, 0.2) is 66.2 Å². The highest BCUT2D eigenvalue weighted by atomic mass is 32.1. The first-order chi connectivity index (χ1) is 15.9. The number of anilines is 2. The molecule has 0 saturated heterocycles. The van der Waals surface area contributed by atoms with Crippen LogP contribution >= 0.6 is 11.3 Å². The third-order valence-corrected chi connectivity index (χ3v) is 6.38. The maximum absolute atomic E-state index is 13.1. The van der Waals surface area contributed by atoms with E-state index >= 15 is 0 Å². The first-order valence-electron chi connectivity index (χ1n) is 10.2. The third kappa shape index (κ3) is 3.60. The topological polar surface area (TPSA) is 92.3 Å². The monoisotopic (exact) mass is 454 g/mol. The predicted molar refractivity (Wildman–Crippen MR) is 127 cm³/mol. The molecule has 1 aliphatic rings. The van der Waals surface area contributed by atoms with Crippen LogP contribution in [0, 0.1) is 13.8 Å². The largest absolute Gasteiger partial charge is 0.298 e. The molecule has 0 unspecified atom stereocenters. The van der Waals surface area contributed by atoms with Crippen molar-refractivity contribution in [3.8, 4) is 11.4 Å². The van der Waals surface area contributed by atoms with Crippen LogP contribution in [-0.2, 0) is 0 Å². The van der Waals surface area contributed by atoms with E-state index in [0.29, 0.717) is 22.2 Å². The van der Waals surface area contributed by atoms with Crippen molar-refractivity contribution in [1.82, 2.24) is 9.97 Å². The second kappa shape index (κ2) is 8.07. The minimum absolute atomic E-state index is 0.210. The Morgan fingerprint density at radius 3 is 2.55 bits per heavy atom. The molecule has 0 radical (unpaired) electrons. The predicted octanol–water partition coefficient (Wildman–Crippen LogP) is 4.87. The Kier molecular flexibility index (Phi) is 5.07. The molecule has 1 N–H and O–H groups in total. The zero-order valence-electron chi connectivity index (χ0n) is 17.8. The number of carbonyl (C=O) groups is 3. The summed E-state index contributed by atoms with van der Waals surface area (Å²) in [6.07, 6.45) is 1.68. The van der Waals surface area contributed by atoms with Crippen LogP contribution in [0.25, 0.3) is 11.4 Å². The van der Waals surface area contributed by atoms with Gasteiger partial charge in [0, 0.05) is 17.1 Å². The Bertz CT molecular complexity index is 1430. The number of nitrogens with zero attached hydrogens (tertiary/aromatic N) is 3. The number of nitrogens with one attached hydrogen (secondary N) is 1. The van der Waals surface area contributed by atoms with Gasteiger partial charge in [0.1, 0.15) is 5.69 Å². The van der Waals surface area contributed by atoms with Gasteiger partial charge in [-0.15, -0.1) is 11.3 Å². The lowest BCUT2D eigenvalue weighted by Crippen LogP contribution is -2.30. The molecule has 0 bridgehead atoms. The number of fused-ring (bicyclic) bond motifs is 1. The number of hydrogen-bond acceptors (Lipinski definition) is 6. The van der Waals surface area contributed by atoms with E-state index in [1.165, 1.54) is 28.4 Å². The molecule has 3 heterocycles. The van der Waals surface area contributed by atoms with E-state index in [4.69, 9.17) is 0 Å². The first-order valence-corrected chi connectivity index (χ1v) is 11.1. The summed E-state index contributed by atoms with van der Waals surface area (Å²) < 4.78 is 0. The van der Waals surface area contributed by atoms with E-state index < -0.39 is 17.7 Å². The van der Waals surface area contributed by atoms with Gasteiger partial charge >= 0.3 is 0 Å². The number of amides is 3. The normalized spacial score (nSPS) is 12.7. The Morgan fingerprint density at radius 1 is 0.939 bits per heavy atom. The fraction of sp³-hybridized carbons (Fsp3) is 0.0800. The molecule has 0 aliphatic carbocycles. The number of thiazole rings is 1. The summed E-state index contributed by atoms with van der Waals surface area (Å²) in [6, 6.07) is 15.5. The molecule has 162 valence electrons. The van der Waals surface area contributed by atoms with Crippen molar-refractivity contribution < 1.29 is 14.4 Å². The van der Waals surface area contributed by atoms with Crippen LogP contribution in [0.5, 0.6) is 0 Å². The molecule has 2 aromatic carbocycles. The lowest BCUT2D eigenvalue weighted by atomic mass is 10.1. The van der Waals surface area contributed by atoms with E-state index in [1.54, 1.807) is 18.3 Å². The third-order valence-electron chi connectivity index (χ3n) is 5.62. The van der Waals surface area contributed by atoms with Gasteiger partial charge in [-0.05, 0) is 61.4 Å². The van der Waals surface area contributed by atoms with Gasteiger partial charge in [0.2, 0.25) is 0 Å². The van der Waals surface area contributed by atoms with E-state index in [1.807, 2.05) is 49.6 Å². The van der Waals surface area contributed by atoms with Crippen molar-refractivity contribution in [2.45, 2.75) is 13.8 Å². The van der Waals surface area contributed by atoms with E-state index in [9.17, 15) is 14.4 Å². The summed E-state index contributed by atoms with van der Waals surface area (Å²) in [7, 11) is 0. The molecular formula is C25H18N4O3S. The SMILES string of the molecule is Cc1cccc(N2C(=O)c3ccc(C(=O)Nc4nc(-c5ccccn5)cs4)cc3C2=O)c1C. The number of carbonyl (C=O) groups excluding carboxylic acids is 3. The molecule has 2 aromatic heterocycles. The zero-order chi connectivity index (χ0) is 23.1. The average molecular weight is 455 g/mol. The van der Waals surface area contributed by atoms with Crippen molar-refractivity contribution >= 4 is 39.9 Å². The molecule has 0 atom stereocenters. The van der Waals surface area contributed by atoms with Crippen molar-refractivity contribution in [1.29, 1.82) is 0 Å². The highest BCUT2D eigenvalue weighted by molar-refractivity contribution is 7.14. The standard InChI is InChI=1S/C25H18N4O3S/c1-14-6-5-8-21(15(14)2)29-23(31)17-10-9-16(12-18(17)24(29)32)22(30)28-25-27-20(13-33-25)19-7-3-4-11-26-19/h3-13H,1-2H3,(H,27,28,30). The molecule has 4 aromatic rings. The van der Waals surface area contributed by atoms with Gasteiger partial charge in [-0.2, -0.15) is 0 Å². The van der Waals surface area contributed by atoms with Crippen LogP contribution in [-0.4, -0.2) is 27.7 Å². The van der Waals surface area contributed by atoms with Crippen LogP contribution < -0.4 is 10.2 Å². The molecule has 3 amide bonds. The quantitative estimate of drug-likeness (QED) is 0.444. The lowest BCUT2D eigenvalue weighted by molar-refractivity contribution is 0.0925. The van der Waals surface area contributed by atoms with E-state index in [0.717, 1.165) is 11.1 Å². The fourth-order valence-electron chi connectivity index (χ4n) is 3.71. The maximum Gasteiger partial charge on any atom is 0.266 e. The van der Waals surface area contributed by atoms with Gasteiger partial charge in [0.25, 0.3) is 17.7 Å². The van der Waals surface area contributed by atoms with Crippen molar-refractivity contribution in [2.75, 3.05) is 10.2 Å². The Balaban J connectivity index is 1.40. The van der Waals surface area contributed by atoms with E-state index in [-0.39, 0.29) is 16.7 Å². The minimum atomic E-state index is -0.440. The Morgan fingerprint density at radius 2 is 1.76 bits per heavy atom. The van der Waals surface area contributed by atoms with E-state index in [2.05, 4.69) is 15.3 Å². The Labute approximate surface area is 193 Å². The van der Waals surface area contributed by atoms with Crippen LogP contribution in [0.3, 0.4) is 0 Å². The Hall–Kier alpha value is -4.17. The minimum Gasteiger partial charge on any atom is -0.298 e. The summed E-state index contributed by atoms with van der Waals surface area (Å²) >= 11 is 1.28. The van der Waals surface area contributed by atoms with Crippen LogP contribution in [0.2, 0.25) is 0 Å². The highest BCUT2D eigenvalue weighted by Gasteiger charge is 2.38. The van der Waals surface area contributed by atoms with Crippen molar-refractivity contribution in [2.24, 2.45) is 0 Å². The number of aromatic nitrogens is 2. The number of hydrogen-bond donors (Lipinski definition) is 1. The summed E-state index contributed by atoms with van der Waals surface area (Å²) in [4.78, 5) is 48.8. The molecule has 0 spiro atoms. The molecular weight excluding hydrogens is 436 g/mol. The van der Waals surface area contributed by atoms with Crippen LogP contribution in [0.4, 0.5) is 10.8 Å². The highest BCUT2D eigenvalue weighted by Crippen LogP contribution is 2.32. The number of rotatable bonds is 4. The van der Waals surface area contributed by atoms with Crippen molar-refractivity contribution in [3.63, 3.8) is 0 Å². The molecule has 0 fully saturated rings. The second-order valence-corrected chi connectivity index (χ2v) is 8.49. The van der Waals surface area contributed by atoms with Gasteiger partial charge in [-0.1, -0.05) is 18.2 Å². The van der Waals surface area contributed by atoms with Gasteiger partial charge in [0.15, 0.2) is 5.13 Å². The molecule has 33 heavy (non-hydrogen) atoms. The zero-order valence-corrected chi connectivity index (χ0v) is 18.6. The van der Waals surface area contributed by atoms with Gasteiger partial charge in [-0.3, -0.25) is 24.7 Å². The van der Waals surface area contributed by atoms with Gasteiger partial charge in [-0.25, -0.2) is 9.88 Å². The summed E-state index contributed by atoms with van der Waals surface area (Å²) in [5.74, 6) is -1.24. The first kappa shape index (κ1) is 20.7. The molecule has 5 rings (SSSR count). The number of imide groups is 1. The summed E-state index contributed by atoms with van der Waals surface area (Å²) in [5.41, 5.74) is 4.53. The van der Waals surface area contributed by atoms with Gasteiger partial charge in [0.05, 0.1) is 22.5 Å². The lowest BCUT2D eigenvalue weighted by Gasteiger charge is -2.17. The fourth-order valence-corrected chi connectivity index (χ4v) is 4.41. The molecule has 1 aliphatic heterocycles. The maximum atomic E-state index is 13.1. The number of pyridine rings is 1. The summed E-state index contributed by atoms with van der Waals surface area (Å²) in [5, 5.41) is 4.98.